The second kappa shape index (κ2) is 15.6. The number of carbonyl (C=O) groups excluding carboxylic acids is 1. The van der Waals surface area contributed by atoms with Crippen LogP contribution in [0.1, 0.15) is 59.4 Å². The molecule has 0 aromatic heterocycles. The predicted molar refractivity (Wildman–Crippen MR) is 122 cm³/mol. The molecule has 0 atom stereocenters. The molecule has 5 nitrogen and oxygen atoms in total. The van der Waals surface area contributed by atoms with E-state index in [4.69, 9.17) is 5.73 Å². The van der Waals surface area contributed by atoms with E-state index in [-0.39, 0.29) is 5.60 Å². The summed E-state index contributed by atoms with van der Waals surface area (Å²) < 4.78 is 5.57. The van der Waals surface area contributed by atoms with Crippen LogP contribution >= 0.6 is 15.9 Å². The minimum atomic E-state index is -0.318. The molecule has 0 aliphatic rings. The van der Waals surface area contributed by atoms with Crippen molar-refractivity contribution in [1.29, 1.82) is 0 Å². The van der Waals surface area contributed by atoms with Crippen molar-refractivity contribution in [2.45, 2.75) is 59.5 Å². The minimum absolute atomic E-state index is 0.318. The van der Waals surface area contributed by atoms with Crippen molar-refractivity contribution in [3.8, 4) is 0 Å². The first-order valence-electron chi connectivity index (χ1n) is 9.30. The summed E-state index contributed by atoms with van der Waals surface area (Å²) in [5.41, 5.74) is 8.58. The van der Waals surface area contributed by atoms with Gasteiger partial charge in [-0.25, -0.2) is 0 Å². The third-order valence-corrected chi connectivity index (χ3v) is 3.69. The monoisotopic (exact) mass is 443 g/mol. The summed E-state index contributed by atoms with van der Waals surface area (Å²) in [5, 5.41) is 0. The smallest absolute Gasteiger partial charge is 0.293 e. The van der Waals surface area contributed by atoms with Crippen molar-refractivity contribution in [2.24, 2.45) is 4.99 Å². The fraction of sp³-hybridized carbons (Fsp3) is 0.619. The van der Waals surface area contributed by atoms with Crippen LogP contribution in [0.15, 0.2) is 27.7 Å². The molecule has 0 fully saturated rings. The largest absolute Gasteiger partial charge is 0.462 e. The van der Waals surface area contributed by atoms with Crippen molar-refractivity contribution in [2.75, 3.05) is 33.4 Å². The highest BCUT2D eigenvalue weighted by atomic mass is 79.9. The first kappa shape index (κ1) is 27.8. The van der Waals surface area contributed by atoms with Crippen molar-refractivity contribution in [3.63, 3.8) is 0 Å². The number of nitrogen functional groups attached to an aromatic ring is 1. The van der Waals surface area contributed by atoms with Gasteiger partial charge in [-0.3, -0.25) is 9.79 Å². The van der Waals surface area contributed by atoms with Crippen LogP contribution in [0.2, 0.25) is 0 Å². The normalized spacial score (nSPS) is 11.1. The van der Waals surface area contributed by atoms with Gasteiger partial charge >= 0.3 is 0 Å². The lowest BCUT2D eigenvalue weighted by molar-refractivity contribution is -0.138. The van der Waals surface area contributed by atoms with Crippen LogP contribution in [0.5, 0.6) is 0 Å². The number of aliphatic imine (C=N–C) groups is 1. The quantitative estimate of drug-likeness (QED) is 0.374. The number of benzene rings is 1. The molecule has 0 radical (unpaired) electrons. The first-order chi connectivity index (χ1) is 12.5. The maximum absolute atomic E-state index is 9.60. The van der Waals surface area contributed by atoms with Gasteiger partial charge in [0, 0.05) is 28.5 Å². The highest BCUT2D eigenvalue weighted by Gasteiger charge is 2.10. The van der Waals surface area contributed by atoms with Crippen molar-refractivity contribution < 1.29 is 9.53 Å². The van der Waals surface area contributed by atoms with E-state index in [1.807, 2.05) is 46.0 Å². The van der Waals surface area contributed by atoms with E-state index in [1.54, 1.807) is 0 Å². The molecule has 27 heavy (non-hydrogen) atoms. The molecule has 0 saturated carbocycles. The average molecular weight is 444 g/mol. The second-order valence-corrected chi connectivity index (χ2v) is 8.17. The minimum Gasteiger partial charge on any atom is -0.462 e. The maximum atomic E-state index is 9.60. The Morgan fingerprint density at radius 1 is 1.30 bits per heavy atom. The number of ether oxygens (including phenoxy) is 1. The zero-order valence-corrected chi connectivity index (χ0v) is 19.9. The molecule has 2 N–H and O–H groups in total. The van der Waals surface area contributed by atoms with E-state index in [1.165, 1.54) is 6.42 Å². The van der Waals surface area contributed by atoms with E-state index in [9.17, 15) is 4.79 Å². The van der Waals surface area contributed by atoms with Gasteiger partial charge in [-0.1, -0.05) is 42.3 Å². The second-order valence-electron chi connectivity index (χ2n) is 7.31. The van der Waals surface area contributed by atoms with Crippen molar-refractivity contribution in [1.82, 2.24) is 4.90 Å². The molecule has 0 bridgehead atoms. The van der Waals surface area contributed by atoms with E-state index < -0.39 is 0 Å². The maximum Gasteiger partial charge on any atom is 0.293 e. The van der Waals surface area contributed by atoms with Crippen LogP contribution in [0, 0.1) is 0 Å². The van der Waals surface area contributed by atoms with Gasteiger partial charge in [0.1, 0.15) is 5.60 Å². The summed E-state index contributed by atoms with van der Waals surface area (Å²) in [5.74, 6) is 0. The first-order valence-corrected chi connectivity index (χ1v) is 10.1. The number of carbonyl (C=O) groups is 1. The molecule has 6 heteroatoms. The summed E-state index contributed by atoms with van der Waals surface area (Å²) >= 11 is 3.54. The van der Waals surface area contributed by atoms with Crippen molar-refractivity contribution in [3.05, 3.63) is 28.2 Å². The summed E-state index contributed by atoms with van der Waals surface area (Å²) in [7, 11) is 5.98. The summed E-state index contributed by atoms with van der Waals surface area (Å²) in [6.07, 6.45) is 3.28. The molecule has 1 rings (SSSR count). The van der Waals surface area contributed by atoms with Crippen LogP contribution < -0.4 is 5.73 Å². The number of hydrogen-bond acceptors (Lipinski definition) is 5. The number of rotatable bonds is 6. The number of anilines is 1. The van der Waals surface area contributed by atoms with Crippen LogP contribution in [0.4, 0.5) is 5.69 Å². The molecule has 156 valence electrons. The molecule has 0 unspecified atom stereocenters. The Kier molecular flexibility index (Phi) is 16.1. The Hall–Kier alpha value is -1.40. The highest BCUT2D eigenvalue weighted by Crippen LogP contribution is 2.24. The van der Waals surface area contributed by atoms with Crippen LogP contribution in [-0.4, -0.2) is 50.4 Å². The Morgan fingerprint density at radius 3 is 2.19 bits per heavy atom. The van der Waals surface area contributed by atoms with Gasteiger partial charge in [0.2, 0.25) is 0 Å². The molecule has 1 aromatic rings. The average Bonchev–Trinajstić information content (AvgIpc) is 2.53. The number of nitrogens with zero attached hydrogens (tertiary/aromatic N) is 2. The van der Waals surface area contributed by atoms with Gasteiger partial charge in [-0.2, -0.15) is 0 Å². The van der Waals surface area contributed by atoms with Crippen LogP contribution in [-0.2, 0) is 9.53 Å². The molecule has 0 aliphatic heterocycles. The molecular weight excluding hydrogens is 406 g/mol. The number of halogens is 1. The third kappa shape index (κ3) is 15.4. The molecule has 1 aromatic carbocycles. The van der Waals surface area contributed by atoms with Gasteiger partial charge in [0.05, 0.1) is 0 Å². The Labute approximate surface area is 174 Å². The molecule has 0 amide bonds. The van der Waals surface area contributed by atoms with Gasteiger partial charge in [-0.15, -0.1) is 0 Å². The van der Waals surface area contributed by atoms with Gasteiger partial charge in [0.25, 0.3) is 6.47 Å². The van der Waals surface area contributed by atoms with Crippen LogP contribution in [0.3, 0.4) is 0 Å². The lowest BCUT2D eigenvalue weighted by Crippen LogP contribution is -2.17. The predicted octanol–water partition coefficient (Wildman–Crippen LogP) is 5.17. The van der Waals surface area contributed by atoms with Crippen LogP contribution in [0.25, 0.3) is 0 Å². The van der Waals surface area contributed by atoms with E-state index in [0.717, 1.165) is 40.8 Å². The lowest BCUT2D eigenvalue weighted by atomic mass is 10.0. The summed E-state index contributed by atoms with van der Waals surface area (Å²) in [6.45, 7) is 11.2. The van der Waals surface area contributed by atoms with E-state index in [2.05, 4.69) is 58.5 Å². The highest BCUT2D eigenvalue weighted by molar-refractivity contribution is 9.10. The Bertz CT molecular complexity index is 533. The third-order valence-electron chi connectivity index (χ3n) is 3.02. The van der Waals surface area contributed by atoms with Gasteiger partial charge in [0.15, 0.2) is 0 Å². The Balaban J connectivity index is 0. The van der Waals surface area contributed by atoms with Gasteiger partial charge in [-0.05, 0) is 66.4 Å². The molecular formula is C21H38BrN3O2. The fourth-order valence-electron chi connectivity index (χ4n) is 1.90. The number of nitrogens with two attached hydrogens (primary N) is 1. The standard InChI is InChI=1S/C13H20BrN3.C5H10O2.C3H8/c1-16-12(8-5-9-17(2)3)13-10(14)6-4-7-11(13)15;1-5(2,3)7-4-6;1-3-2/h4,6-7H,5,8-9,15H2,1-3H3;4H,1-3H3;3H2,1-2H3. The fourth-order valence-corrected chi connectivity index (χ4v) is 2.51. The molecule has 0 aliphatic carbocycles. The number of hydrogen-bond donors (Lipinski definition) is 1. The zero-order valence-electron chi connectivity index (χ0n) is 18.3. The summed E-state index contributed by atoms with van der Waals surface area (Å²) in [4.78, 5) is 16.1. The molecule has 0 saturated heterocycles. The van der Waals surface area contributed by atoms with E-state index in [0.29, 0.717) is 6.47 Å². The van der Waals surface area contributed by atoms with Crippen molar-refractivity contribution >= 4 is 33.8 Å². The zero-order chi connectivity index (χ0) is 21.5. The molecule has 0 heterocycles. The SMILES string of the molecule is CC(C)(C)OC=O.CCC.CN=C(CCCN(C)C)c1c(N)cccc1Br. The van der Waals surface area contributed by atoms with E-state index >= 15 is 0 Å². The Morgan fingerprint density at radius 2 is 1.85 bits per heavy atom. The topological polar surface area (TPSA) is 67.9 Å². The molecule has 0 spiro atoms. The lowest BCUT2D eigenvalue weighted by Gasteiger charge is -2.14. The van der Waals surface area contributed by atoms with Gasteiger partial charge < -0.3 is 15.4 Å². The summed E-state index contributed by atoms with van der Waals surface area (Å²) in [6, 6.07) is 5.86.